The van der Waals surface area contributed by atoms with E-state index in [0.29, 0.717) is 6.61 Å². The molecule has 29 heavy (non-hydrogen) atoms. The SMILES string of the molecule is CC(=O)[C@H]1C(=O)O[C@@H]2[C@@H]1CC[C@@H](OCc1ccccc1)[C@H]2O[Si](C)(C)C(C)(C)C. The molecule has 1 aliphatic heterocycles. The van der Waals surface area contributed by atoms with Crippen LogP contribution in [0.25, 0.3) is 0 Å². The second-order valence-electron chi connectivity index (χ2n) is 9.91. The highest BCUT2D eigenvalue weighted by molar-refractivity contribution is 6.74. The van der Waals surface area contributed by atoms with Crippen molar-refractivity contribution in [2.45, 2.75) is 83.6 Å². The van der Waals surface area contributed by atoms with E-state index in [1.807, 2.05) is 30.3 Å². The van der Waals surface area contributed by atoms with Crippen molar-refractivity contribution in [3.63, 3.8) is 0 Å². The van der Waals surface area contributed by atoms with Gasteiger partial charge in [0.25, 0.3) is 0 Å². The summed E-state index contributed by atoms with van der Waals surface area (Å²) in [7, 11) is -2.13. The number of benzene rings is 1. The number of ketones is 1. The number of carbonyl (C=O) groups is 2. The lowest BCUT2D eigenvalue weighted by Crippen LogP contribution is -2.55. The Hall–Kier alpha value is -1.50. The molecule has 1 aromatic rings. The van der Waals surface area contributed by atoms with Gasteiger partial charge in [-0.05, 0) is 43.5 Å². The molecule has 0 unspecified atom stereocenters. The third kappa shape index (κ3) is 4.65. The highest BCUT2D eigenvalue weighted by Crippen LogP contribution is 2.45. The van der Waals surface area contributed by atoms with Crippen molar-refractivity contribution in [2.75, 3.05) is 0 Å². The number of Topliss-reactive ketones (excluding diaryl/α,β-unsaturated/α-hetero) is 1. The predicted octanol–water partition coefficient (Wildman–Crippen LogP) is 4.50. The van der Waals surface area contributed by atoms with E-state index in [4.69, 9.17) is 13.9 Å². The average molecular weight is 419 g/mol. The lowest BCUT2D eigenvalue weighted by atomic mass is 9.76. The van der Waals surface area contributed by atoms with E-state index in [1.165, 1.54) is 6.92 Å². The molecule has 1 saturated heterocycles. The van der Waals surface area contributed by atoms with E-state index >= 15 is 0 Å². The van der Waals surface area contributed by atoms with Crippen LogP contribution in [0.2, 0.25) is 18.1 Å². The Balaban J connectivity index is 1.84. The first-order valence-electron chi connectivity index (χ1n) is 10.6. The molecule has 3 rings (SSSR count). The zero-order chi connectivity index (χ0) is 21.4. The second-order valence-corrected chi connectivity index (χ2v) is 14.7. The zero-order valence-corrected chi connectivity index (χ0v) is 19.4. The maximum atomic E-state index is 12.4. The molecule has 0 spiro atoms. The molecule has 1 aromatic carbocycles. The minimum atomic E-state index is -2.13. The fourth-order valence-electron chi connectivity index (χ4n) is 4.12. The first-order chi connectivity index (χ1) is 13.5. The minimum absolute atomic E-state index is 0.0204. The summed E-state index contributed by atoms with van der Waals surface area (Å²) >= 11 is 0. The van der Waals surface area contributed by atoms with Gasteiger partial charge < -0.3 is 13.9 Å². The van der Waals surface area contributed by atoms with Gasteiger partial charge in [0.1, 0.15) is 23.9 Å². The summed E-state index contributed by atoms with van der Waals surface area (Å²) in [6.45, 7) is 12.9. The van der Waals surface area contributed by atoms with Crippen molar-refractivity contribution in [3.8, 4) is 0 Å². The third-order valence-corrected chi connectivity index (χ3v) is 11.3. The highest BCUT2D eigenvalue weighted by Gasteiger charge is 2.56. The van der Waals surface area contributed by atoms with Crippen LogP contribution >= 0.6 is 0 Å². The number of carbonyl (C=O) groups excluding carboxylic acids is 2. The van der Waals surface area contributed by atoms with Gasteiger partial charge in [-0.2, -0.15) is 0 Å². The normalized spacial score (nSPS) is 30.0. The molecule has 2 aliphatic rings. The molecule has 160 valence electrons. The molecule has 0 radical (unpaired) electrons. The van der Waals surface area contributed by atoms with E-state index < -0.39 is 26.3 Å². The zero-order valence-electron chi connectivity index (χ0n) is 18.4. The second kappa shape index (κ2) is 8.32. The van der Waals surface area contributed by atoms with Crippen molar-refractivity contribution < 1.29 is 23.5 Å². The van der Waals surface area contributed by atoms with Gasteiger partial charge in [0.15, 0.2) is 8.32 Å². The topological polar surface area (TPSA) is 61.8 Å². The molecule has 1 heterocycles. The molecule has 1 aliphatic carbocycles. The van der Waals surface area contributed by atoms with Crippen molar-refractivity contribution >= 4 is 20.1 Å². The Bertz CT molecular complexity index is 739. The maximum absolute atomic E-state index is 12.4. The first kappa shape index (κ1) is 22.2. The van der Waals surface area contributed by atoms with Crippen LogP contribution in [0.1, 0.15) is 46.1 Å². The van der Waals surface area contributed by atoms with E-state index in [0.717, 1.165) is 18.4 Å². The monoisotopic (exact) mass is 418 g/mol. The fourth-order valence-corrected chi connectivity index (χ4v) is 5.44. The summed E-state index contributed by atoms with van der Waals surface area (Å²) in [5, 5.41) is 0.0204. The minimum Gasteiger partial charge on any atom is -0.459 e. The van der Waals surface area contributed by atoms with Crippen molar-refractivity contribution in [2.24, 2.45) is 11.8 Å². The number of hydrogen-bond acceptors (Lipinski definition) is 5. The van der Waals surface area contributed by atoms with Gasteiger partial charge in [0, 0.05) is 5.92 Å². The van der Waals surface area contributed by atoms with Crippen molar-refractivity contribution in [1.82, 2.24) is 0 Å². The molecule has 0 amide bonds. The van der Waals surface area contributed by atoms with Crippen molar-refractivity contribution in [3.05, 3.63) is 35.9 Å². The van der Waals surface area contributed by atoms with Crippen LogP contribution in [0.15, 0.2) is 30.3 Å². The van der Waals surface area contributed by atoms with Crippen LogP contribution in [0.5, 0.6) is 0 Å². The fraction of sp³-hybridized carbons (Fsp3) is 0.652. The number of fused-ring (bicyclic) bond motifs is 1. The Morgan fingerprint density at radius 2 is 1.83 bits per heavy atom. The van der Waals surface area contributed by atoms with Crippen LogP contribution in [0.4, 0.5) is 0 Å². The molecule has 2 fully saturated rings. The number of rotatable bonds is 6. The molecular formula is C23H34O5Si. The Morgan fingerprint density at radius 1 is 1.17 bits per heavy atom. The van der Waals surface area contributed by atoms with Gasteiger partial charge in [-0.25, -0.2) is 0 Å². The number of ether oxygens (including phenoxy) is 2. The first-order valence-corrected chi connectivity index (χ1v) is 13.5. The van der Waals surface area contributed by atoms with Gasteiger partial charge >= 0.3 is 5.97 Å². The summed E-state index contributed by atoms with van der Waals surface area (Å²) in [6.07, 6.45) is 0.571. The van der Waals surface area contributed by atoms with Crippen LogP contribution in [0, 0.1) is 11.8 Å². The molecule has 0 aromatic heterocycles. The summed E-state index contributed by atoms with van der Waals surface area (Å²) in [5.74, 6) is -1.30. The van der Waals surface area contributed by atoms with Gasteiger partial charge in [-0.3, -0.25) is 9.59 Å². The van der Waals surface area contributed by atoms with Crippen molar-refractivity contribution in [1.29, 1.82) is 0 Å². The maximum Gasteiger partial charge on any atom is 0.317 e. The lowest BCUT2D eigenvalue weighted by molar-refractivity contribution is -0.157. The molecular weight excluding hydrogens is 384 g/mol. The van der Waals surface area contributed by atoms with E-state index in [2.05, 4.69) is 33.9 Å². The van der Waals surface area contributed by atoms with Gasteiger partial charge in [-0.1, -0.05) is 51.1 Å². The van der Waals surface area contributed by atoms with Crippen LogP contribution in [0.3, 0.4) is 0 Å². The number of hydrogen-bond donors (Lipinski definition) is 0. The van der Waals surface area contributed by atoms with Gasteiger partial charge in [-0.15, -0.1) is 0 Å². The smallest absolute Gasteiger partial charge is 0.317 e. The summed E-state index contributed by atoms with van der Waals surface area (Å²) in [6, 6.07) is 10.1. The largest absolute Gasteiger partial charge is 0.459 e. The molecule has 5 nitrogen and oxygen atoms in total. The lowest BCUT2D eigenvalue weighted by Gasteiger charge is -2.45. The van der Waals surface area contributed by atoms with E-state index in [1.54, 1.807) is 0 Å². The summed E-state index contributed by atoms with van der Waals surface area (Å²) < 4.78 is 18.8. The van der Waals surface area contributed by atoms with Crippen LogP contribution in [-0.2, 0) is 30.1 Å². The van der Waals surface area contributed by atoms with Gasteiger partial charge in [0.05, 0.1) is 12.7 Å². The predicted molar refractivity (Wildman–Crippen MR) is 114 cm³/mol. The Kier molecular flexibility index (Phi) is 6.37. The molecule has 1 saturated carbocycles. The molecule has 5 atom stereocenters. The number of esters is 1. The standard InChI is InChI=1S/C23H34O5Si/c1-15(24)19-17-12-13-18(26-14-16-10-8-7-9-11-16)21(20(17)27-22(19)25)28-29(5,6)23(2,3)4/h7-11,17-21H,12-14H2,1-6H3/t17-,18-,19-,20-,21-/m1/s1. The van der Waals surface area contributed by atoms with E-state index in [9.17, 15) is 9.59 Å². The third-order valence-electron chi connectivity index (χ3n) is 6.81. The molecule has 6 heteroatoms. The Morgan fingerprint density at radius 3 is 2.41 bits per heavy atom. The molecule has 0 N–H and O–H groups in total. The van der Waals surface area contributed by atoms with Gasteiger partial charge in [0.2, 0.25) is 0 Å². The van der Waals surface area contributed by atoms with Crippen LogP contribution in [-0.4, -0.2) is 38.4 Å². The molecule has 0 bridgehead atoms. The average Bonchev–Trinajstić information content (AvgIpc) is 2.97. The Labute approximate surface area is 175 Å². The highest BCUT2D eigenvalue weighted by atomic mass is 28.4. The van der Waals surface area contributed by atoms with Crippen LogP contribution < -0.4 is 0 Å². The van der Waals surface area contributed by atoms with E-state index in [-0.39, 0.29) is 28.9 Å². The quantitative estimate of drug-likeness (QED) is 0.387. The summed E-state index contributed by atoms with van der Waals surface area (Å²) in [4.78, 5) is 24.5. The summed E-state index contributed by atoms with van der Waals surface area (Å²) in [5.41, 5.74) is 1.10.